The first-order chi connectivity index (χ1) is 14.4. The number of carbonyl (C=O) groups excluding carboxylic acids is 2. The first-order valence-corrected chi connectivity index (χ1v) is 9.89. The second kappa shape index (κ2) is 6.62. The number of aryl methyl sites for hydroxylation is 2. The van der Waals surface area contributed by atoms with Gasteiger partial charge in [-0.3, -0.25) is 14.3 Å². The number of hydrogen-bond acceptors (Lipinski definition) is 3. The number of aromatic nitrogens is 2. The third-order valence-corrected chi connectivity index (χ3v) is 6.11. The van der Waals surface area contributed by atoms with Gasteiger partial charge in [0.1, 0.15) is 11.4 Å². The average Bonchev–Trinajstić information content (AvgIpc) is 3.39. The van der Waals surface area contributed by atoms with Gasteiger partial charge in [-0.25, -0.2) is 9.78 Å². The molecule has 1 aliphatic carbocycles. The molecule has 1 aliphatic heterocycles. The smallest absolute Gasteiger partial charge is 0.319 e. The molecule has 6 nitrogen and oxygen atoms in total. The van der Waals surface area contributed by atoms with Gasteiger partial charge in [-0.1, -0.05) is 30.3 Å². The Balaban J connectivity index is 1.50. The minimum Gasteiger partial charge on any atom is -0.319 e. The van der Waals surface area contributed by atoms with E-state index in [0.717, 1.165) is 28.7 Å². The van der Waals surface area contributed by atoms with Gasteiger partial charge < -0.3 is 5.32 Å². The van der Waals surface area contributed by atoms with Crippen LogP contribution in [0, 0.1) is 0 Å². The summed E-state index contributed by atoms with van der Waals surface area (Å²) in [5.74, 6) is -0.508. The number of imide groups is 1. The molecular weight excluding hydrogens is 390 g/mol. The molecular formula is C22H20F2N4O2. The third-order valence-electron chi connectivity index (χ3n) is 6.11. The zero-order valence-corrected chi connectivity index (χ0v) is 16.4. The summed E-state index contributed by atoms with van der Waals surface area (Å²) in [5.41, 5.74) is 2.56. The predicted octanol–water partition coefficient (Wildman–Crippen LogP) is 3.89. The summed E-state index contributed by atoms with van der Waals surface area (Å²) in [4.78, 5) is 31.1. The van der Waals surface area contributed by atoms with Gasteiger partial charge in [0, 0.05) is 0 Å². The third kappa shape index (κ3) is 2.70. The number of imidazole rings is 1. The van der Waals surface area contributed by atoms with Crippen LogP contribution < -0.4 is 5.32 Å². The highest BCUT2D eigenvalue weighted by Crippen LogP contribution is 2.34. The molecule has 8 heteroatoms. The monoisotopic (exact) mass is 410 g/mol. The molecule has 2 aliphatic rings. The number of para-hydroxylation sites is 2. The number of rotatable bonds is 4. The molecule has 3 aromatic rings. The van der Waals surface area contributed by atoms with Crippen LogP contribution in [0.1, 0.15) is 42.4 Å². The number of nitrogens with zero attached hydrogens (tertiary/aromatic N) is 3. The highest BCUT2D eigenvalue weighted by atomic mass is 19.3. The molecule has 3 amide bonds. The summed E-state index contributed by atoms with van der Waals surface area (Å²) in [6.07, 6.45) is 3.04. The van der Waals surface area contributed by atoms with E-state index < -0.39 is 24.0 Å². The number of carbonyl (C=O) groups is 2. The van der Waals surface area contributed by atoms with E-state index in [1.165, 1.54) is 11.1 Å². The minimum atomic E-state index is -2.84. The van der Waals surface area contributed by atoms with E-state index in [4.69, 9.17) is 0 Å². The highest BCUT2D eigenvalue weighted by molar-refractivity contribution is 6.07. The zero-order chi connectivity index (χ0) is 21.0. The summed E-state index contributed by atoms with van der Waals surface area (Å²) in [7, 11) is 0. The van der Waals surface area contributed by atoms with Gasteiger partial charge in [0.25, 0.3) is 5.91 Å². The van der Waals surface area contributed by atoms with Crippen LogP contribution in [0.3, 0.4) is 0 Å². The fourth-order valence-electron chi connectivity index (χ4n) is 4.48. The maximum atomic E-state index is 13.7. The Morgan fingerprint density at radius 2 is 1.90 bits per heavy atom. The van der Waals surface area contributed by atoms with Crippen LogP contribution in [-0.2, 0) is 29.7 Å². The lowest BCUT2D eigenvalue weighted by Gasteiger charge is -2.23. The van der Waals surface area contributed by atoms with Crippen molar-refractivity contribution >= 4 is 23.0 Å². The Bertz CT molecular complexity index is 1190. The molecule has 0 radical (unpaired) electrons. The number of nitrogens with one attached hydrogen (secondary N) is 1. The zero-order valence-electron chi connectivity index (χ0n) is 16.4. The SMILES string of the molecule is C[C@]1(c2ccc3c(c2)CCC3)NC(=O)N(Cc2nc3ccccc3n2C(F)F)C1=O. The number of urea groups is 1. The number of alkyl halides is 2. The molecule has 1 fully saturated rings. The second-order valence-corrected chi connectivity index (χ2v) is 7.95. The highest BCUT2D eigenvalue weighted by Gasteiger charge is 2.49. The van der Waals surface area contributed by atoms with E-state index in [9.17, 15) is 18.4 Å². The number of fused-ring (bicyclic) bond motifs is 2. The van der Waals surface area contributed by atoms with Gasteiger partial charge in [0.2, 0.25) is 0 Å². The molecule has 1 aromatic heterocycles. The maximum Gasteiger partial charge on any atom is 0.325 e. The van der Waals surface area contributed by atoms with Crippen molar-refractivity contribution in [1.82, 2.24) is 19.8 Å². The van der Waals surface area contributed by atoms with Gasteiger partial charge >= 0.3 is 12.6 Å². The van der Waals surface area contributed by atoms with Gasteiger partial charge in [0.15, 0.2) is 0 Å². The molecule has 1 atom stereocenters. The quantitative estimate of drug-likeness (QED) is 0.664. The van der Waals surface area contributed by atoms with Crippen LogP contribution in [0.15, 0.2) is 42.5 Å². The molecule has 5 rings (SSSR count). The largest absolute Gasteiger partial charge is 0.325 e. The lowest BCUT2D eigenvalue weighted by molar-refractivity contribution is -0.131. The van der Waals surface area contributed by atoms with E-state index in [0.29, 0.717) is 11.1 Å². The fraction of sp³-hybridized carbons (Fsp3) is 0.318. The van der Waals surface area contributed by atoms with Gasteiger partial charge in [-0.2, -0.15) is 8.78 Å². The van der Waals surface area contributed by atoms with Gasteiger partial charge in [-0.15, -0.1) is 0 Å². The van der Waals surface area contributed by atoms with E-state index in [1.54, 1.807) is 31.2 Å². The molecule has 0 spiro atoms. The number of amides is 3. The van der Waals surface area contributed by atoms with Gasteiger partial charge in [0.05, 0.1) is 17.6 Å². The molecule has 1 saturated heterocycles. The van der Waals surface area contributed by atoms with Crippen LogP contribution in [-0.4, -0.2) is 26.4 Å². The Morgan fingerprint density at radius 1 is 1.13 bits per heavy atom. The molecule has 0 unspecified atom stereocenters. The van der Waals surface area contributed by atoms with E-state index in [1.807, 2.05) is 18.2 Å². The summed E-state index contributed by atoms with van der Waals surface area (Å²) in [6.45, 7) is -1.51. The second-order valence-electron chi connectivity index (χ2n) is 7.95. The molecule has 0 bridgehead atoms. The first-order valence-electron chi connectivity index (χ1n) is 9.89. The van der Waals surface area contributed by atoms with Crippen LogP contribution in [0.5, 0.6) is 0 Å². The molecule has 30 heavy (non-hydrogen) atoms. The van der Waals surface area contributed by atoms with E-state index in [-0.39, 0.29) is 17.9 Å². The topological polar surface area (TPSA) is 67.2 Å². The Kier molecular flexibility index (Phi) is 4.13. The first kappa shape index (κ1) is 18.7. The summed E-state index contributed by atoms with van der Waals surface area (Å²) in [5, 5.41) is 2.75. The van der Waals surface area contributed by atoms with Crippen molar-refractivity contribution < 1.29 is 18.4 Å². The predicted molar refractivity (Wildman–Crippen MR) is 106 cm³/mol. The average molecular weight is 410 g/mol. The maximum absolute atomic E-state index is 13.7. The lowest BCUT2D eigenvalue weighted by atomic mass is 9.89. The molecule has 154 valence electrons. The molecule has 0 saturated carbocycles. The van der Waals surface area contributed by atoms with Crippen molar-refractivity contribution in [2.45, 2.75) is 44.8 Å². The van der Waals surface area contributed by atoms with Gasteiger partial charge in [-0.05, 0) is 55.0 Å². The minimum absolute atomic E-state index is 0.0343. The van der Waals surface area contributed by atoms with Crippen LogP contribution in [0.2, 0.25) is 0 Å². The van der Waals surface area contributed by atoms with Crippen molar-refractivity contribution in [3.8, 4) is 0 Å². The van der Waals surface area contributed by atoms with E-state index >= 15 is 0 Å². The fourth-order valence-corrected chi connectivity index (χ4v) is 4.48. The Labute approximate surface area is 171 Å². The summed E-state index contributed by atoms with van der Waals surface area (Å²) < 4.78 is 28.2. The molecule has 1 N–H and O–H groups in total. The van der Waals surface area contributed by atoms with Crippen molar-refractivity contribution in [2.75, 3.05) is 0 Å². The van der Waals surface area contributed by atoms with E-state index in [2.05, 4.69) is 10.3 Å². The lowest BCUT2D eigenvalue weighted by Crippen LogP contribution is -2.41. The van der Waals surface area contributed by atoms with Crippen molar-refractivity contribution in [3.63, 3.8) is 0 Å². The van der Waals surface area contributed by atoms with Crippen LogP contribution in [0.4, 0.5) is 13.6 Å². The molecule has 2 aromatic carbocycles. The van der Waals surface area contributed by atoms with Crippen LogP contribution in [0.25, 0.3) is 11.0 Å². The van der Waals surface area contributed by atoms with Crippen molar-refractivity contribution in [3.05, 3.63) is 65.0 Å². The Morgan fingerprint density at radius 3 is 2.70 bits per heavy atom. The number of benzene rings is 2. The van der Waals surface area contributed by atoms with Crippen molar-refractivity contribution in [2.24, 2.45) is 0 Å². The summed E-state index contributed by atoms with van der Waals surface area (Å²) in [6, 6.07) is 11.7. The van der Waals surface area contributed by atoms with Crippen LogP contribution >= 0.6 is 0 Å². The molecule has 2 heterocycles. The van der Waals surface area contributed by atoms with Crippen molar-refractivity contribution in [1.29, 1.82) is 0 Å². The normalized spacial score (nSPS) is 21.0. The summed E-state index contributed by atoms with van der Waals surface area (Å²) >= 11 is 0. The number of halogens is 2. The number of hydrogen-bond donors (Lipinski definition) is 1. The standard InChI is InChI=1S/C22H20F2N4O2/c1-22(15-10-9-13-5-4-6-14(13)11-15)19(29)27(21(30)26-22)12-18-25-16-7-2-3-8-17(16)28(18)20(23)24/h2-3,7-11,20H,4-6,12H2,1H3,(H,26,30)/t22-/m1/s1. The Hall–Kier alpha value is -3.29.